The average molecular weight is 398 g/mol. The van der Waals surface area contributed by atoms with E-state index in [4.69, 9.17) is 0 Å². The van der Waals surface area contributed by atoms with Crippen LogP contribution in [0.3, 0.4) is 0 Å². The zero-order valence-corrected chi connectivity index (χ0v) is 16.5. The van der Waals surface area contributed by atoms with Gasteiger partial charge in [-0.1, -0.05) is 6.42 Å². The van der Waals surface area contributed by atoms with E-state index in [9.17, 15) is 18.0 Å². The van der Waals surface area contributed by atoms with Crippen molar-refractivity contribution in [1.29, 1.82) is 0 Å². The number of nitrogens with one attached hydrogen (secondary N) is 1. The molecule has 10 nitrogen and oxygen atoms in total. The van der Waals surface area contributed by atoms with Gasteiger partial charge in [0.15, 0.2) is 11.2 Å². The van der Waals surface area contributed by atoms with E-state index in [1.807, 2.05) is 0 Å². The molecule has 0 spiro atoms. The number of hydrogen-bond donors (Lipinski definition) is 1. The van der Waals surface area contributed by atoms with E-state index in [1.165, 1.54) is 24.4 Å². The van der Waals surface area contributed by atoms with Gasteiger partial charge in [0, 0.05) is 33.7 Å². The zero-order chi connectivity index (χ0) is 19.6. The minimum absolute atomic E-state index is 0.0634. The molecule has 0 saturated carbocycles. The first-order valence-corrected chi connectivity index (χ1v) is 10.8. The lowest BCUT2D eigenvalue weighted by Crippen LogP contribution is -2.39. The Morgan fingerprint density at radius 1 is 1.07 bits per heavy atom. The molecule has 0 aliphatic carbocycles. The molecule has 2 aromatic heterocycles. The molecule has 27 heavy (non-hydrogen) atoms. The molecule has 3 heterocycles. The summed E-state index contributed by atoms with van der Waals surface area (Å²) in [6.07, 6.45) is 4.91. The van der Waals surface area contributed by atoms with Crippen LogP contribution in [0.4, 0.5) is 0 Å². The SMILES string of the molecule is Cn1c(=O)c2c(ncn2CCNS(=O)(=O)CCN2CCCCC2)n(C)c1=O. The summed E-state index contributed by atoms with van der Waals surface area (Å²) in [7, 11) is -0.431. The smallest absolute Gasteiger partial charge is 0.323 e. The number of aromatic nitrogens is 4. The Labute approximate surface area is 157 Å². The first-order valence-electron chi connectivity index (χ1n) is 9.11. The largest absolute Gasteiger partial charge is 0.332 e. The quantitative estimate of drug-likeness (QED) is 0.630. The number of aryl methyl sites for hydroxylation is 1. The van der Waals surface area contributed by atoms with Crippen LogP contribution in [0.15, 0.2) is 15.9 Å². The van der Waals surface area contributed by atoms with Crippen LogP contribution in [-0.2, 0) is 30.7 Å². The van der Waals surface area contributed by atoms with Gasteiger partial charge in [-0.25, -0.2) is 22.9 Å². The van der Waals surface area contributed by atoms with Gasteiger partial charge in [0.05, 0.1) is 12.1 Å². The molecular formula is C16H26N6O4S. The minimum atomic E-state index is -3.38. The Morgan fingerprint density at radius 3 is 2.48 bits per heavy atom. The van der Waals surface area contributed by atoms with Crippen molar-refractivity contribution >= 4 is 21.2 Å². The maximum absolute atomic E-state index is 12.4. The third kappa shape index (κ3) is 4.30. The van der Waals surface area contributed by atoms with Crippen molar-refractivity contribution in [2.45, 2.75) is 25.8 Å². The lowest BCUT2D eigenvalue weighted by molar-refractivity contribution is 0.241. The molecule has 150 valence electrons. The average Bonchev–Trinajstić information content (AvgIpc) is 3.08. The highest BCUT2D eigenvalue weighted by atomic mass is 32.2. The summed E-state index contributed by atoms with van der Waals surface area (Å²) in [6.45, 7) is 2.86. The Kier molecular flexibility index (Phi) is 5.82. The maximum atomic E-state index is 12.4. The van der Waals surface area contributed by atoms with Gasteiger partial charge < -0.3 is 9.47 Å². The van der Waals surface area contributed by atoms with Crippen LogP contribution >= 0.6 is 0 Å². The van der Waals surface area contributed by atoms with Gasteiger partial charge in [-0.05, 0) is 25.9 Å². The third-order valence-corrected chi connectivity index (χ3v) is 6.38. The van der Waals surface area contributed by atoms with Crippen LogP contribution in [0.5, 0.6) is 0 Å². The lowest BCUT2D eigenvalue weighted by atomic mass is 10.1. The summed E-state index contributed by atoms with van der Waals surface area (Å²) in [5.74, 6) is 0.0634. The molecule has 1 aliphatic heterocycles. The van der Waals surface area contributed by atoms with Gasteiger partial charge in [0.1, 0.15) is 0 Å². The van der Waals surface area contributed by atoms with E-state index in [-0.39, 0.29) is 30.0 Å². The molecule has 0 amide bonds. The Balaban J connectivity index is 1.63. The molecule has 1 aliphatic rings. The number of sulfonamides is 1. The van der Waals surface area contributed by atoms with Gasteiger partial charge in [-0.3, -0.25) is 13.9 Å². The van der Waals surface area contributed by atoms with E-state index >= 15 is 0 Å². The number of hydrogen-bond acceptors (Lipinski definition) is 6. The second-order valence-electron chi connectivity index (χ2n) is 6.93. The van der Waals surface area contributed by atoms with E-state index in [1.54, 1.807) is 11.6 Å². The monoisotopic (exact) mass is 398 g/mol. The van der Waals surface area contributed by atoms with Crippen LogP contribution in [0, 0.1) is 0 Å². The van der Waals surface area contributed by atoms with Crippen molar-refractivity contribution in [3.8, 4) is 0 Å². The first-order chi connectivity index (χ1) is 12.8. The van der Waals surface area contributed by atoms with Crippen molar-refractivity contribution in [3.63, 3.8) is 0 Å². The van der Waals surface area contributed by atoms with Gasteiger partial charge in [0.25, 0.3) is 5.56 Å². The summed E-state index contributed by atoms with van der Waals surface area (Å²) < 4.78 is 30.9. The molecule has 0 unspecified atom stereocenters. The molecule has 3 rings (SSSR count). The van der Waals surface area contributed by atoms with Crippen LogP contribution in [0.25, 0.3) is 11.2 Å². The minimum Gasteiger partial charge on any atom is -0.323 e. The fourth-order valence-electron chi connectivity index (χ4n) is 3.39. The Bertz CT molecular complexity index is 1030. The fourth-order valence-corrected chi connectivity index (χ4v) is 4.44. The highest BCUT2D eigenvalue weighted by Gasteiger charge is 2.17. The second-order valence-corrected chi connectivity index (χ2v) is 8.86. The normalized spacial score (nSPS) is 16.2. The summed E-state index contributed by atoms with van der Waals surface area (Å²) >= 11 is 0. The van der Waals surface area contributed by atoms with E-state index in [0.717, 1.165) is 30.5 Å². The Morgan fingerprint density at radius 2 is 1.78 bits per heavy atom. The molecule has 0 bridgehead atoms. The molecule has 0 radical (unpaired) electrons. The topological polar surface area (TPSA) is 111 Å². The molecule has 0 aromatic carbocycles. The zero-order valence-electron chi connectivity index (χ0n) is 15.7. The van der Waals surface area contributed by atoms with Crippen molar-refractivity contribution in [3.05, 3.63) is 27.2 Å². The highest BCUT2D eigenvalue weighted by molar-refractivity contribution is 7.89. The molecule has 0 atom stereocenters. The van der Waals surface area contributed by atoms with Crippen molar-refractivity contribution < 1.29 is 8.42 Å². The van der Waals surface area contributed by atoms with Crippen molar-refractivity contribution in [1.82, 2.24) is 28.3 Å². The molecule has 11 heteroatoms. The van der Waals surface area contributed by atoms with E-state index in [2.05, 4.69) is 14.6 Å². The van der Waals surface area contributed by atoms with Crippen molar-refractivity contribution in [2.75, 3.05) is 31.9 Å². The summed E-state index contributed by atoms with van der Waals surface area (Å²) in [5.41, 5.74) is -0.321. The van der Waals surface area contributed by atoms with E-state index < -0.39 is 21.3 Å². The second kappa shape index (κ2) is 7.95. The molecular weight excluding hydrogens is 372 g/mol. The fraction of sp³-hybridized carbons (Fsp3) is 0.688. The lowest BCUT2D eigenvalue weighted by Gasteiger charge is -2.26. The van der Waals surface area contributed by atoms with Gasteiger partial charge in [-0.2, -0.15) is 0 Å². The number of rotatable bonds is 7. The first kappa shape index (κ1) is 19.8. The predicted molar refractivity (Wildman–Crippen MR) is 102 cm³/mol. The predicted octanol–water partition coefficient (Wildman–Crippen LogP) is -1.16. The molecule has 1 N–H and O–H groups in total. The number of nitrogens with zero attached hydrogens (tertiary/aromatic N) is 5. The third-order valence-electron chi connectivity index (χ3n) is 5.02. The maximum Gasteiger partial charge on any atom is 0.332 e. The Hall–Kier alpha value is -1.98. The summed E-state index contributed by atoms with van der Waals surface area (Å²) in [5, 5.41) is 0. The van der Waals surface area contributed by atoms with Crippen LogP contribution in [-0.4, -0.2) is 63.9 Å². The van der Waals surface area contributed by atoms with Crippen molar-refractivity contribution in [2.24, 2.45) is 14.1 Å². The molecule has 1 saturated heterocycles. The van der Waals surface area contributed by atoms with Gasteiger partial charge >= 0.3 is 5.69 Å². The van der Waals surface area contributed by atoms with E-state index in [0.29, 0.717) is 6.54 Å². The van der Waals surface area contributed by atoms with Crippen LogP contribution in [0.2, 0.25) is 0 Å². The van der Waals surface area contributed by atoms with Crippen LogP contribution in [0.1, 0.15) is 19.3 Å². The van der Waals surface area contributed by atoms with Crippen LogP contribution < -0.4 is 16.0 Å². The summed E-state index contributed by atoms with van der Waals surface area (Å²) in [6, 6.07) is 0. The molecule has 2 aromatic rings. The van der Waals surface area contributed by atoms with Gasteiger partial charge in [-0.15, -0.1) is 0 Å². The summed E-state index contributed by atoms with van der Waals surface area (Å²) in [4.78, 5) is 30.6. The molecule has 1 fully saturated rings. The van der Waals surface area contributed by atoms with Gasteiger partial charge in [0.2, 0.25) is 10.0 Å². The highest BCUT2D eigenvalue weighted by Crippen LogP contribution is 2.08. The standard InChI is InChI=1S/C16H26N6O4S/c1-19-14-13(15(23)20(2)16(19)24)22(12-17-14)9-6-18-27(25,26)11-10-21-7-4-3-5-8-21/h12,18H,3-11H2,1-2H3. The number of fused-ring (bicyclic) bond motifs is 1. The number of likely N-dealkylation sites (tertiary alicyclic amines) is 1. The number of imidazole rings is 1. The number of piperidine rings is 1.